The normalized spacial score (nSPS) is 11.7. The van der Waals surface area contributed by atoms with E-state index in [2.05, 4.69) is 10.3 Å². The summed E-state index contributed by atoms with van der Waals surface area (Å²) >= 11 is 0. The zero-order chi connectivity index (χ0) is 18.8. The minimum atomic E-state index is -0.750. The lowest BCUT2D eigenvalue weighted by atomic mass is 10.0. The number of hydrogen-bond donors (Lipinski definition) is 1. The van der Waals surface area contributed by atoms with Gasteiger partial charge in [-0.15, -0.1) is 0 Å². The zero-order valence-electron chi connectivity index (χ0n) is 15.1. The SMILES string of the molecule is CC(C)CC(NC(=O)OCc1ccccc1)C(=O)OCc1ccncc1. The number of benzene rings is 1. The van der Waals surface area contributed by atoms with E-state index >= 15 is 0 Å². The van der Waals surface area contributed by atoms with Crippen LogP contribution in [0.2, 0.25) is 0 Å². The summed E-state index contributed by atoms with van der Waals surface area (Å²) in [6, 6.07) is 12.1. The van der Waals surface area contributed by atoms with Crippen molar-refractivity contribution in [1.29, 1.82) is 0 Å². The molecular weight excluding hydrogens is 332 g/mol. The van der Waals surface area contributed by atoms with E-state index in [0.29, 0.717) is 6.42 Å². The van der Waals surface area contributed by atoms with E-state index < -0.39 is 18.1 Å². The first kappa shape index (κ1) is 19.4. The second kappa shape index (κ2) is 10.2. The molecule has 0 bridgehead atoms. The Morgan fingerprint density at radius 2 is 1.58 bits per heavy atom. The molecule has 2 aromatic rings. The third kappa shape index (κ3) is 6.93. The number of hydrogen-bond acceptors (Lipinski definition) is 5. The molecule has 1 unspecified atom stereocenters. The Balaban J connectivity index is 1.86. The fourth-order valence-corrected chi connectivity index (χ4v) is 2.33. The monoisotopic (exact) mass is 356 g/mol. The Kier molecular flexibility index (Phi) is 7.61. The molecule has 1 N–H and O–H groups in total. The molecule has 26 heavy (non-hydrogen) atoms. The van der Waals surface area contributed by atoms with Crippen LogP contribution in [-0.2, 0) is 27.5 Å². The van der Waals surface area contributed by atoms with Gasteiger partial charge in [0.15, 0.2) is 0 Å². The highest BCUT2D eigenvalue weighted by Crippen LogP contribution is 2.09. The van der Waals surface area contributed by atoms with Crippen molar-refractivity contribution < 1.29 is 19.1 Å². The lowest BCUT2D eigenvalue weighted by Gasteiger charge is -2.19. The summed E-state index contributed by atoms with van der Waals surface area (Å²) in [5, 5.41) is 2.61. The number of nitrogens with one attached hydrogen (secondary N) is 1. The average molecular weight is 356 g/mol. The van der Waals surface area contributed by atoms with E-state index in [1.165, 1.54) is 0 Å². The molecule has 0 aliphatic heterocycles. The van der Waals surface area contributed by atoms with E-state index in [0.717, 1.165) is 11.1 Å². The summed E-state index contributed by atoms with van der Waals surface area (Å²) in [6.07, 6.45) is 3.10. The molecular formula is C20H24N2O4. The van der Waals surface area contributed by atoms with Crippen LogP contribution in [0.1, 0.15) is 31.4 Å². The molecule has 6 nitrogen and oxygen atoms in total. The number of alkyl carbamates (subject to hydrolysis) is 1. The van der Waals surface area contributed by atoms with Crippen molar-refractivity contribution in [2.45, 2.75) is 39.5 Å². The second-order valence-electron chi connectivity index (χ2n) is 6.35. The van der Waals surface area contributed by atoms with Gasteiger partial charge in [0.1, 0.15) is 19.3 Å². The van der Waals surface area contributed by atoms with Crippen LogP contribution < -0.4 is 5.32 Å². The Hall–Kier alpha value is -2.89. The molecule has 0 fully saturated rings. The Bertz CT molecular complexity index is 689. The summed E-state index contributed by atoms with van der Waals surface area (Å²) < 4.78 is 10.5. The van der Waals surface area contributed by atoms with Gasteiger partial charge >= 0.3 is 12.1 Å². The van der Waals surface area contributed by atoms with E-state index in [-0.39, 0.29) is 19.1 Å². The number of pyridine rings is 1. The predicted octanol–water partition coefficient (Wildman–Crippen LogP) is 3.47. The molecule has 2 rings (SSSR count). The van der Waals surface area contributed by atoms with Gasteiger partial charge in [-0.2, -0.15) is 0 Å². The van der Waals surface area contributed by atoms with Crippen molar-refractivity contribution in [2.24, 2.45) is 5.92 Å². The molecule has 0 saturated heterocycles. The van der Waals surface area contributed by atoms with E-state index in [4.69, 9.17) is 9.47 Å². The van der Waals surface area contributed by atoms with Gasteiger partial charge < -0.3 is 14.8 Å². The summed E-state index contributed by atoms with van der Waals surface area (Å²) in [6.45, 7) is 4.23. The fraction of sp³-hybridized carbons (Fsp3) is 0.350. The number of amides is 1. The third-order valence-electron chi connectivity index (χ3n) is 3.63. The van der Waals surface area contributed by atoms with Crippen molar-refractivity contribution in [2.75, 3.05) is 0 Å². The largest absolute Gasteiger partial charge is 0.459 e. The first-order valence-corrected chi connectivity index (χ1v) is 8.57. The highest BCUT2D eigenvalue weighted by molar-refractivity contribution is 5.81. The number of carbonyl (C=O) groups is 2. The number of carbonyl (C=O) groups excluding carboxylic acids is 2. The number of esters is 1. The second-order valence-corrected chi connectivity index (χ2v) is 6.35. The van der Waals surface area contributed by atoms with Gasteiger partial charge in [-0.3, -0.25) is 4.98 Å². The van der Waals surface area contributed by atoms with Crippen LogP contribution in [-0.4, -0.2) is 23.1 Å². The quantitative estimate of drug-likeness (QED) is 0.733. The minimum Gasteiger partial charge on any atom is -0.459 e. The molecule has 1 heterocycles. The Morgan fingerprint density at radius 1 is 0.962 bits per heavy atom. The average Bonchev–Trinajstić information content (AvgIpc) is 2.65. The van der Waals surface area contributed by atoms with Gasteiger partial charge in [0.05, 0.1) is 0 Å². The van der Waals surface area contributed by atoms with Crippen molar-refractivity contribution >= 4 is 12.1 Å². The van der Waals surface area contributed by atoms with Crippen molar-refractivity contribution in [3.05, 3.63) is 66.0 Å². The number of ether oxygens (including phenoxy) is 2. The van der Waals surface area contributed by atoms with Crippen molar-refractivity contribution in [1.82, 2.24) is 10.3 Å². The number of aromatic nitrogens is 1. The summed E-state index contributed by atoms with van der Waals surface area (Å²) in [5.41, 5.74) is 1.71. The van der Waals surface area contributed by atoms with Gasteiger partial charge in [0.2, 0.25) is 0 Å². The van der Waals surface area contributed by atoms with Crippen LogP contribution in [0.4, 0.5) is 4.79 Å². The smallest absolute Gasteiger partial charge is 0.408 e. The van der Waals surface area contributed by atoms with Gasteiger partial charge in [0.25, 0.3) is 0 Å². The van der Waals surface area contributed by atoms with E-state index in [1.54, 1.807) is 24.5 Å². The lowest BCUT2D eigenvalue weighted by Crippen LogP contribution is -2.42. The molecule has 138 valence electrons. The van der Waals surface area contributed by atoms with Crippen LogP contribution in [0.3, 0.4) is 0 Å². The third-order valence-corrected chi connectivity index (χ3v) is 3.63. The van der Waals surface area contributed by atoms with Crippen LogP contribution in [0.15, 0.2) is 54.9 Å². The molecule has 1 amide bonds. The standard InChI is InChI=1S/C20H24N2O4/c1-15(2)12-18(19(23)25-13-17-8-10-21-11-9-17)22-20(24)26-14-16-6-4-3-5-7-16/h3-11,15,18H,12-14H2,1-2H3,(H,22,24). The molecule has 0 aliphatic carbocycles. The Labute approximate surface area is 153 Å². The topological polar surface area (TPSA) is 77.5 Å². The summed E-state index contributed by atoms with van der Waals surface area (Å²) in [4.78, 5) is 28.3. The van der Waals surface area contributed by atoms with Gasteiger partial charge in [0, 0.05) is 12.4 Å². The first-order chi connectivity index (χ1) is 12.5. The lowest BCUT2D eigenvalue weighted by molar-refractivity contribution is -0.147. The van der Waals surface area contributed by atoms with Crippen LogP contribution in [0, 0.1) is 5.92 Å². The molecule has 0 aliphatic rings. The van der Waals surface area contributed by atoms with Crippen LogP contribution in [0.5, 0.6) is 0 Å². The molecule has 0 saturated carbocycles. The number of rotatable bonds is 8. The fourth-order valence-electron chi connectivity index (χ4n) is 2.33. The maximum atomic E-state index is 12.4. The molecule has 0 radical (unpaired) electrons. The predicted molar refractivity (Wildman–Crippen MR) is 97.0 cm³/mol. The molecule has 0 spiro atoms. The van der Waals surface area contributed by atoms with Crippen molar-refractivity contribution in [3.8, 4) is 0 Å². The van der Waals surface area contributed by atoms with E-state index in [1.807, 2.05) is 44.2 Å². The van der Waals surface area contributed by atoms with Crippen LogP contribution in [0.25, 0.3) is 0 Å². The van der Waals surface area contributed by atoms with Gasteiger partial charge in [-0.25, -0.2) is 9.59 Å². The first-order valence-electron chi connectivity index (χ1n) is 8.57. The molecule has 1 aromatic heterocycles. The van der Waals surface area contributed by atoms with Crippen molar-refractivity contribution in [3.63, 3.8) is 0 Å². The van der Waals surface area contributed by atoms with Gasteiger partial charge in [-0.1, -0.05) is 44.2 Å². The van der Waals surface area contributed by atoms with E-state index in [9.17, 15) is 9.59 Å². The molecule has 1 atom stereocenters. The summed E-state index contributed by atoms with van der Waals surface area (Å²) in [7, 11) is 0. The maximum absolute atomic E-state index is 12.4. The summed E-state index contributed by atoms with van der Waals surface area (Å²) in [5.74, 6) is -0.268. The Morgan fingerprint density at radius 3 is 2.23 bits per heavy atom. The highest BCUT2D eigenvalue weighted by Gasteiger charge is 2.24. The van der Waals surface area contributed by atoms with Crippen LogP contribution >= 0.6 is 0 Å². The minimum absolute atomic E-state index is 0.136. The molecule has 6 heteroatoms. The number of nitrogens with zero attached hydrogens (tertiary/aromatic N) is 1. The zero-order valence-corrected chi connectivity index (χ0v) is 15.1. The maximum Gasteiger partial charge on any atom is 0.408 e. The molecule has 1 aromatic carbocycles. The van der Waals surface area contributed by atoms with Gasteiger partial charge in [-0.05, 0) is 35.6 Å². The highest BCUT2D eigenvalue weighted by atomic mass is 16.6.